The zero-order chi connectivity index (χ0) is 10.8. The topological polar surface area (TPSA) is 61.2 Å². The summed E-state index contributed by atoms with van der Waals surface area (Å²) in [6.45, 7) is -1.85. The van der Waals surface area contributed by atoms with Crippen molar-refractivity contribution >= 4 is 10.3 Å². The Balaban J connectivity index is 2.70. The highest BCUT2D eigenvalue weighted by molar-refractivity contribution is 7.85. The normalized spacial score (nSPS) is 13.1. The molecule has 0 saturated heterocycles. The molecule has 0 bridgehead atoms. The summed E-state index contributed by atoms with van der Waals surface area (Å²) in [6.07, 6.45) is -1.79. The molecule has 0 aliphatic carbocycles. The van der Waals surface area contributed by atoms with Crippen molar-refractivity contribution in [1.29, 1.82) is 0 Å². The van der Waals surface area contributed by atoms with Gasteiger partial charge in [0.2, 0.25) is 0 Å². The molecule has 0 saturated carbocycles. The fourth-order valence-corrected chi connectivity index (χ4v) is 1.36. The summed E-state index contributed by atoms with van der Waals surface area (Å²) in [7, 11) is -4.42. The Morgan fingerprint density at radius 2 is 2.07 bits per heavy atom. The van der Waals surface area contributed by atoms with Gasteiger partial charge in [0.05, 0.1) is 0 Å². The molecule has 0 atom stereocenters. The molecule has 0 aromatic carbocycles. The zero-order valence-corrected chi connectivity index (χ0v) is 7.42. The third-order valence-corrected chi connectivity index (χ3v) is 2.26. The Morgan fingerprint density at radius 1 is 1.43 bits per heavy atom. The minimum Gasteiger partial charge on any atom is -0.244 e. The summed E-state index contributed by atoms with van der Waals surface area (Å²) in [5.41, 5.74) is 0. The number of nitrogens with zero attached hydrogens (tertiary/aromatic N) is 2. The Labute approximate surface area is 77.4 Å². The minimum absolute atomic E-state index is 0.443. The molecule has 80 valence electrons. The van der Waals surface area contributed by atoms with Crippen LogP contribution in [-0.2, 0) is 14.5 Å². The number of aromatic nitrogens is 2. The maximum atomic E-state index is 11.6. The van der Waals surface area contributed by atoms with E-state index in [1.54, 1.807) is 0 Å². The molecule has 9 heteroatoms. The maximum absolute atomic E-state index is 11.6. The third kappa shape index (κ3) is 3.00. The van der Waals surface area contributed by atoms with Crippen molar-refractivity contribution in [1.82, 2.24) is 8.96 Å². The lowest BCUT2D eigenvalue weighted by Crippen LogP contribution is -2.23. The van der Waals surface area contributed by atoms with Gasteiger partial charge in [-0.15, -0.1) is 0 Å². The summed E-state index contributed by atoms with van der Waals surface area (Å²) < 4.78 is 60.9. The van der Waals surface area contributed by atoms with Gasteiger partial charge in [-0.05, 0) is 0 Å². The molecular formula is C5H5F3N2O3S. The fourth-order valence-electron chi connectivity index (χ4n) is 0.581. The van der Waals surface area contributed by atoms with Crippen LogP contribution in [0.25, 0.3) is 0 Å². The second-order valence-electron chi connectivity index (χ2n) is 2.23. The first kappa shape index (κ1) is 11.0. The van der Waals surface area contributed by atoms with Crippen LogP contribution in [0.2, 0.25) is 0 Å². The number of hydrogen-bond acceptors (Lipinski definition) is 4. The first-order valence-corrected chi connectivity index (χ1v) is 4.62. The van der Waals surface area contributed by atoms with Crippen LogP contribution in [0, 0.1) is 0 Å². The van der Waals surface area contributed by atoms with Gasteiger partial charge < -0.3 is 0 Å². The average molecular weight is 230 g/mol. The Kier molecular flexibility index (Phi) is 2.81. The number of imidazole rings is 1. The van der Waals surface area contributed by atoms with Crippen LogP contribution in [0.3, 0.4) is 0 Å². The van der Waals surface area contributed by atoms with E-state index in [1.165, 1.54) is 0 Å². The summed E-state index contributed by atoms with van der Waals surface area (Å²) in [4.78, 5) is 3.36. The molecular weight excluding hydrogens is 225 g/mol. The van der Waals surface area contributed by atoms with Crippen molar-refractivity contribution in [2.75, 3.05) is 6.61 Å². The summed E-state index contributed by atoms with van der Waals surface area (Å²) in [5, 5.41) is 0. The summed E-state index contributed by atoms with van der Waals surface area (Å²) >= 11 is 0. The summed E-state index contributed by atoms with van der Waals surface area (Å²) in [5.74, 6) is 0. The van der Waals surface area contributed by atoms with Gasteiger partial charge in [0.15, 0.2) is 6.61 Å². The predicted molar refractivity (Wildman–Crippen MR) is 38.6 cm³/mol. The molecule has 0 aliphatic rings. The van der Waals surface area contributed by atoms with Crippen LogP contribution >= 0.6 is 0 Å². The lowest BCUT2D eigenvalue weighted by Gasteiger charge is -2.07. The summed E-state index contributed by atoms with van der Waals surface area (Å²) in [6, 6.07) is 0. The van der Waals surface area contributed by atoms with E-state index < -0.39 is 23.1 Å². The molecule has 1 rings (SSSR count). The molecule has 5 nitrogen and oxygen atoms in total. The SMILES string of the molecule is O=S(=O)(OCC(F)(F)F)n1ccnc1. The van der Waals surface area contributed by atoms with Crippen molar-refractivity contribution in [3.05, 3.63) is 18.7 Å². The molecule has 0 radical (unpaired) electrons. The van der Waals surface area contributed by atoms with Gasteiger partial charge in [-0.3, -0.25) is 0 Å². The van der Waals surface area contributed by atoms with E-state index in [4.69, 9.17) is 0 Å². The number of halogens is 3. The number of rotatable bonds is 3. The third-order valence-electron chi connectivity index (χ3n) is 1.11. The van der Waals surface area contributed by atoms with Crippen molar-refractivity contribution in [2.24, 2.45) is 0 Å². The second-order valence-corrected chi connectivity index (χ2v) is 3.74. The Bertz CT molecular complexity index is 383. The second kappa shape index (κ2) is 3.58. The van der Waals surface area contributed by atoms with E-state index in [0.717, 1.165) is 18.7 Å². The largest absolute Gasteiger partial charge is 0.413 e. The van der Waals surface area contributed by atoms with Crippen LogP contribution in [0.4, 0.5) is 13.2 Å². The van der Waals surface area contributed by atoms with E-state index >= 15 is 0 Å². The van der Waals surface area contributed by atoms with Gasteiger partial charge in [0.1, 0.15) is 6.33 Å². The van der Waals surface area contributed by atoms with Gasteiger partial charge >= 0.3 is 16.5 Å². The quantitative estimate of drug-likeness (QED) is 0.761. The van der Waals surface area contributed by atoms with Crippen LogP contribution < -0.4 is 0 Å². The highest BCUT2D eigenvalue weighted by Gasteiger charge is 2.31. The molecule has 1 aromatic rings. The molecule has 14 heavy (non-hydrogen) atoms. The minimum atomic E-state index is -4.69. The van der Waals surface area contributed by atoms with E-state index in [0.29, 0.717) is 3.97 Å². The van der Waals surface area contributed by atoms with E-state index in [2.05, 4.69) is 9.17 Å². The van der Waals surface area contributed by atoms with Crippen molar-refractivity contribution < 1.29 is 25.8 Å². The molecule has 1 heterocycles. The fraction of sp³-hybridized carbons (Fsp3) is 0.400. The highest BCUT2D eigenvalue weighted by atomic mass is 32.2. The van der Waals surface area contributed by atoms with Gasteiger partial charge in [-0.25, -0.2) is 13.1 Å². The Morgan fingerprint density at radius 3 is 2.50 bits per heavy atom. The predicted octanol–water partition coefficient (Wildman–Crippen LogP) is 0.555. The number of alkyl halides is 3. The first-order valence-electron chi connectivity index (χ1n) is 3.26. The molecule has 0 spiro atoms. The molecule has 1 aromatic heterocycles. The molecule has 0 N–H and O–H groups in total. The van der Waals surface area contributed by atoms with E-state index in [9.17, 15) is 21.6 Å². The monoisotopic (exact) mass is 230 g/mol. The van der Waals surface area contributed by atoms with Crippen molar-refractivity contribution in [3.63, 3.8) is 0 Å². The van der Waals surface area contributed by atoms with Crippen molar-refractivity contribution in [3.8, 4) is 0 Å². The van der Waals surface area contributed by atoms with Crippen LogP contribution in [0.5, 0.6) is 0 Å². The maximum Gasteiger partial charge on any atom is 0.413 e. The highest BCUT2D eigenvalue weighted by Crippen LogP contribution is 2.16. The molecule has 0 fully saturated rings. The van der Waals surface area contributed by atoms with Gasteiger partial charge in [-0.2, -0.15) is 21.6 Å². The Hall–Kier alpha value is -1.09. The standard InChI is InChI=1S/C5H5F3N2O3S/c6-5(7,8)3-13-14(11,12)10-2-1-9-4-10/h1-2,4H,3H2. The van der Waals surface area contributed by atoms with Gasteiger partial charge in [-0.1, -0.05) is 0 Å². The van der Waals surface area contributed by atoms with Crippen LogP contribution in [-0.4, -0.2) is 30.2 Å². The lowest BCUT2D eigenvalue weighted by molar-refractivity contribution is -0.152. The molecule has 0 unspecified atom stereocenters. The number of hydrogen-bond donors (Lipinski definition) is 0. The first-order chi connectivity index (χ1) is 6.31. The van der Waals surface area contributed by atoms with Crippen LogP contribution in [0.1, 0.15) is 0 Å². The zero-order valence-electron chi connectivity index (χ0n) is 6.60. The van der Waals surface area contributed by atoms with E-state index in [-0.39, 0.29) is 0 Å². The van der Waals surface area contributed by atoms with Gasteiger partial charge in [0.25, 0.3) is 0 Å². The van der Waals surface area contributed by atoms with Crippen molar-refractivity contribution in [2.45, 2.75) is 6.18 Å². The average Bonchev–Trinajstić information content (AvgIpc) is 2.52. The smallest absolute Gasteiger partial charge is 0.244 e. The van der Waals surface area contributed by atoms with Gasteiger partial charge in [0, 0.05) is 12.4 Å². The molecule has 0 aliphatic heterocycles. The van der Waals surface area contributed by atoms with E-state index in [1.807, 2.05) is 0 Å². The molecule has 0 amide bonds. The van der Waals surface area contributed by atoms with Crippen LogP contribution in [0.15, 0.2) is 18.7 Å². The lowest BCUT2D eigenvalue weighted by atomic mass is 10.7.